The lowest BCUT2D eigenvalue weighted by molar-refractivity contribution is -0.884. The minimum Gasteiger partial charge on any atom is -0.478 e. The minimum atomic E-state index is -4.90. The summed E-state index contributed by atoms with van der Waals surface area (Å²) in [6.45, 7) is 8.55. The number of carboxylic acid groups (broad SMARTS) is 1. The van der Waals surface area contributed by atoms with Crippen LogP contribution in [0.2, 0.25) is 0 Å². The van der Waals surface area contributed by atoms with E-state index < -0.39 is 18.1 Å². The highest BCUT2D eigenvalue weighted by Gasteiger charge is 2.40. The second kappa shape index (κ2) is 9.36. The van der Waals surface area contributed by atoms with E-state index in [4.69, 9.17) is 5.11 Å². The van der Waals surface area contributed by atoms with Crippen LogP contribution in [0.25, 0.3) is 17.2 Å². The van der Waals surface area contributed by atoms with Crippen molar-refractivity contribution in [2.45, 2.75) is 40.1 Å². The first kappa shape index (κ1) is 24.5. The van der Waals surface area contributed by atoms with Crippen LogP contribution >= 0.6 is 0 Å². The number of nitrogens with one attached hydrogen (secondary N) is 2. The van der Waals surface area contributed by atoms with Gasteiger partial charge in [-0.1, -0.05) is 6.07 Å². The van der Waals surface area contributed by atoms with Gasteiger partial charge in [-0.05, 0) is 62.6 Å². The molecule has 0 aliphatic carbocycles. The molecule has 0 saturated carbocycles. The average Bonchev–Trinajstić information content (AvgIpc) is 2.71. The summed E-state index contributed by atoms with van der Waals surface area (Å²) in [7, 11) is 0. The number of aliphatic carboxylic acids is 1. The second-order valence-corrected chi connectivity index (χ2v) is 8.30. The SMILES string of the molecule is CC[NH+]1C(=O)C[NH+](C(C)C)c2cc(C)c(-c3cc(/C=C/C(=O)O)ccc3OC(F)(F)F)cc21. The Kier molecular flexibility index (Phi) is 6.94. The van der Waals surface area contributed by atoms with Crippen LogP contribution in [0, 0.1) is 6.92 Å². The molecular weight excluding hydrogens is 437 g/mol. The fourth-order valence-corrected chi connectivity index (χ4v) is 4.18. The van der Waals surface area contributed by atoms with E-state index in [2.05, 4.69) is 4.74 Å². The summed E-state index contributed by atoms with van der Waals surface area (Å²) in [5.41, 5.74) is 3.46. The number of halogens is 3. The highest BCUT2D eigenvalue weighted by molar-refractivity contribution is 5.87. The van der Waals surface area contributed by atoms with Gasteiger partial charge < -0.3 is 9.84 Å². The number of likely N-dealkylation sites (N-methyl/N-ethyl adjacent to an activating group) is 1. The molecule has 1 amide bonds. The summed E-state index contributed by atoms with van der Waals surface area (Å²) in [5, 5.41) is 8.90. The number of hydrogen-bond acceptors (Lipinski definition) is 3. The van der Waals surface area contributed by atoms with Crippen LogP contribution in [0.15, 0.2) is 36.4 Å². The van der Waals surface area contributed by atoms with Gasteiger partial charge in [0.2, 0.25) is 5.69 Å². The molecule has 6 nitrogen and oxygen atoms in total. The predicted octanol–water partition coefficient (Wildman–Crippen LogP) is 2.66. The summed E-state index contributed by atoms with van der Waals surface area (Å²) < 4.78 is 43.6. The van der Waals surface area contributed by atoms with Gasteiger partial charge in [0.15, 0.2) is 12.2 Å². The second-order valence-electron chi connectivity index (χ2n) is 8.30. The van der Waals surface area contributed by atoms with Crippen molar-refractivity contribution in [3.8, 4) is 16.9 Å². The first-order valence-corrected chi connectivity index (χ1v) is 10.6. The number of amides is 1. The van der Waals surface area contributed by atoms with Crippen molar-refractivity contribution >= 4 is 29.3 Å². The number of carbonyl (C=O) groups is 2. The maximum Gasteiger partial charge on any atom is 0.573 e. The van der Waals surface area contributed by atoms with Crippen LogP contribution in [0.5, 0.6) is 5.75 Å². The van der Waals surface area contributed by atoms with Crippen molar-refractivity contribution < 1.29 is 42.4 Å². The molecule has 9 heteroatoms. The molecule has 0 aromatic heterocycles. The number of aryl methyl sites for hydroxylation is 1. The molecule has 1 heterocycles. The van der Waals surface area contributed by atoms with Gasteiger partial charge in [0.05, 0.1) is 12.6 Å². The summed E-state index contributed by atoms with van der Waals surface area (Å²) >= 11 is 0. The number of alkyl halides is 3. The molecule has 0 bridgehead atoms. The van der Waals surface area contributed by atoms with Crippen LogP contribution in [0.4, 0.5) is 24.5 Å². The maximum absolute atomic E-state index is 13.1. The number of carboxylic acids is 1. The summed E-state index contributed by atoms with van der Waals surface area (Å²) in [5.74, 6) is -1.55. The summed E-state index contributed by atoms with van der Waals surface area (Å²) in [6, 6.07) is 7.80. The zero-order valence-electron chi connectivity index (χ0n) is 18.8. The van der Waals surface area contributed by atoms with Crippen LogP contribution in [-0.2, 0) is 9.59 Å². The van der Waals surface area contributed by atoms with Gasteiger partial charge in [0.1, 0.15) is 5.75 Å². The Labute approximate surface area is 189 Å². The molecular formula is C24H27F3N2O4+2. The standard InChI is InChI=1S/C24H25F3N2O4/c1-5-28-20-12-17(15(4)10-19(20)29(14(2)3)13-22(28)30)18-11-16(7-9-23(31)32)6-8-21(18)33-24(25,26)27/h6-12,14H,5,13H2,1-4H3,(H,31,32)/p+2/b9-7+. The Morgan fingerprint density at radius 1 is 1.18 bits per heavy atom. The molecule has 2 aromatic rings. The molecule has 2 unspecified atom stereocenters. The fraction of sp³-hybridized carbons (Fsp3) is 0.333. The molecule has 3 N–H and O–H groups in total. The van der Waals surface area contributed by atoms with Crippen molar-refractivity contribution in [3.63, 3.8) is 0 Å². The lowest BCUT2D eigenvalue weighted by Crippen LogP contribution is -3.24. The van der Waals surface area contributed by atoms with E-state index in [1.54, 1.807) is 13.0 Å². The Bertz CT molecular complexity index is 1110. The molecule has 0 spiro atoms. The number of benzene rings is 2. The third-order valence-corrected chi connectivity index (χ3v) is 5.71. The van der Waals surface area contributed by atoms with E-state index in [0.29, 0.717) is 29.1 Å². The third kappa shape index (κ3) is 5.43. The topological polar surface area (TPSA) is 72.5 Å². The lowest BCUT2D eigenvalue weighted by atomic mass is 9.94. The molecule has 176 valence electrons. The van der Waals surface area contributed by atoms with Crippen molar-refractivity contribution in [3.05, 3.63) is 47.5 Å². The van der Waals surface area contributed by atoms with E-state index in [1.807, 2.05) is 26.8 Å². The van der Waals surface area contributed by atoms with Crippen molar-refractivity contribution in [2.75, 3.05) is 13.1 Å². The Morgan fingerprint density at radius 3 is 2.45 bits per heavy atom. The molecule has 1 aliphatic rings. The fourth-order valence-electron chi connectivity index (χ4n) is 4.18. The van der Waals surface area contributed by atoms with Crippen LogP contribution in [0.1, 0.15) is 31.9 Å². The number of ether oxygens (including phenoxy) is 1. The highest BCUT2D eigenvalue weighted by Crippen LogP contribution is 2.39. The van der Waals surface area contributed by atoms with Crippen LogP contribution in [-0.4, -0.2) is 42.5 Å². The summed E-state index contributed by atoms with van der Waals surface area (Å²) in [4.78, 5) is 25.3. The maximum atomic E-state index is 13.1. The number of rotatable bonds is 6. The van der Waals surface area contributed by atoms with E-state index in [-0.39, 0.29) is 17.5 Å². The molecule has 2 aromatic carbocycles. The van der Waals surface area contributed by atoms with Gasteiger partial charge >= 0.3 is 18.2 Å². The van der Waals surface area contributed by atoms with Gasteiger partial charge in [0, 0.05) is 23.8 Å². The number of fused-ring (bicyclic) bond motifs is 1. The van der Waals surface area contributed by atoms with Gasteiger partial charge in [-0.3, -0.25) is 4.90 Å². The quantitative estimate of drug-likeness (QED) is 0.575. The van der Waals surface area contributed by atoms with Crippen molar-refractivity contribution in [1.29, 1.82) is 0 Å². The molecule has 1 aliphatic heterocycles. The van der Waals surface area contributed by atoms with E-state index in [0.717, 1.165) is 27.9 Å². The van der Waals surface area contributed by atoms with Gasteiger partial charge in [-0.2, -0.15) is 0 Å². The Hall–Kier alpha value is -3.17. The molecule has 3 rings (SSSR count). The largest absolute Gasteiger partial charge is 0.573 e. The van der Waals surface area contributed by atoms with E-state index in [9.17, 15) is 22.8 Å². The van der Waals surface area contributed by atoms with E-state index >= 15 is 0 Å². The van der Waals surface area contributed by atoms with Crippen molar-refractivity contribution in [1.82, 2.24) is 0 Å². The first-order valence-electron chi connectivity index (χ1n) is 10.6. The third-order valence-electron chi connectivity index (χ3n) is 5.71. The number of hydrogen-bond donors (Lipinski definition) is 3. The zero-order chi connectivity index (χ0) is 24.5. The Balaban J connectivity index is 2.24. The number of carbonyl (C=O) groups excluding carboxylic acids is 1. The molecule has 0 fully saturated rings. The number of quaternary nitrogens is 2. The zero-order valence-corrected chi connectivity index (χ0v) is 18.8. The highest BCUT2D eigenvalue weighted by atomic mass is 19.4. The Morgan fingerprint density at radius 2 is 1.88 bits per heavy atom. The smallest absolute Gasteiger partial charge is 0.478 e. The van der Waals surface area contributed by atoms with Crippen LogP contribution in [0.3, 0.4) is 0 Å². The van der Waals surface area contributed by atoms with Gasteiger partial charge in [-0.15, -0.1) is 13.2 Å². The van der Waals surface area contributed by atoms with E-state index in [1.165, 1.54) is 24.3 Å². The summed E-state index contributed by atoms with van der Waals surface area (Å²) in [6.07, 6.45) is -2.69. The minimum absolute atomic E-state index is 0.0217. The first-order chi connectivity index (χ1) is 15.4. The predicted molar refractivity (Wildman–Crippen MR) is 117 cm³/mol. The molecule has 0 radical (unpaired) electrons. The van der Waals surface area contributed by atoms with Crippen molar-refractivity contribution in [2.24, 2.45) is 0 Å². The lowest BCUT2D eigenvalue weighted by Gasteiger charge is -2.31. The van der Waals surface area contributed by atoms with Gasteiger partial charge in [-0.25, -0.2) is 14.5 Å². The van der Waals surface area contributed by atoms with Gasteiger partial charge in [0.25, 0.3) is 0 Å². The monoisotopic (exact) mass is 464 g/mol. The van der Waals surface area contributed by atoms with Crippen LogP contribution < -0.4 is 14.5 Å². The normalized spacial score (nSPS) is 18.6. The molecule has 33 heavy (non-hydrogen) atoms. The molecule has 2 atom stereocenters. The average molecular weight is 464 g/mol. The molecule has 0 saturated heterocycles.